The summed E-state index contributed by atoms with van der Waals surface area (Å²) < 4.78 is 27.5. The number of hydrogen-bond donors (Lipinski definition) is 4. The van der Waals surface area contributed by atoms with Gasteiger partial charge in [-0.15, -0.1) is 0 Å². The maximum atomic E-state index is 12.5. The van der Waals surface area contributed by atoms with Gasteiger partial charge in [0.05, 0.1) is 15.9 Å². The van der Waals surface area contributed by atoms with Gasteiger partial charge in [-0.25, -0.2) is 17.9 Å². The Kier molecular flexibility index (Phi) is 4.40. The van der Waals surface area contributed by atoms with Crippen molar-refractivity contribution in [2.24, 2.45) is 0 Å². The summed E-state index contributed by atoms with van der Waals surface area (Å²) in [5, 5.41) is 0.893. The molecule has 0 radical (unpaired) electrons. The van der Waals surface area contributed by atoms with E-state index in [1.165, 1.54) is 18.2 Å². The first-order chi connectivity index (χ1) is 13.3. The van der Waals surface area contributed by atoms with Crippen molar-refractivity contribution in [1.82, 2.24) is 19.7 Å². The topological polar surface area (TPSA) is 128 Å². The molecule has 0 aliphatic rings. The summed E-state index contributed by atoms with van der Waals surface area (Å²) in [5.41, 5.74) is 2.61. The van der Waals surface area contributed by atoms with Gasteiger partial charge in [0.1, 0.15) is 0 Å². The SMILES string of the molecule is Cc1ccc2cc(CCNS(=O)(=O)c3ccc4[nH]c(=O)[nH]c4c3)c(=O)[nH]c2c1. The number of fused-ring (bicyclic) bond motifs is 2. The molecule has 9 heteroatoms. The van der Waals surface area contributed by atoms with Gasteiger partial charge in [0.2, 0.25) is 10.0 Å². The van der Waals surface area contributed by atoms with Crippen LogP contribution in [0.3, 0.4) is 0 Å². The van der Waals surface area contributed by atoms with Crippen molar-refractivity contribution in [2.75, 3.05) is 6.54 Å². The van der Waals surface area contributed by atoms with Crippen molar-refractivity contribution in [1.29, 1.82) is 0 Å². The van der Waals surface area contributed by atoms with E-state index < -0.39 is 15.7 Å². The minimum Gasteiger partial charge on any atom is -0.322 e. The predicted octanol–water partition coefficient (Wildman–Crippen LogP) is 1.53. The second-order valence-corrected chi connectivity index (χ2v) is 8.42. The van der Waals surface area contributed by atoms with Crippen LogP contribution >= 0.6 is 0 Å². The van der Waals surface area contributed by atoms with Gasteiger partial charge in [-0.3, -0.25) is 4.79 Å². The summed E-state index contributed by atoms with van der Waals surface area (Å²) in [6, 6.07) is 11.9. The Labute approximate surface area is 159 Å². The molecule has 28 heavy (non-hydrogen) atoms. The number of rotatable bonds is 5. The van der Waals surface area contributed by atoms with Gasteiger partial charge in [-0.2, -0.15) is 0 Å². The molecule has 0 unspecified atom stereocenters. The number of aromatic nitrogens is 3. The Hall–Kier alpha value is -3.17. The lowest BCUT2D eigenvalue weighted by Crippen LogP contribution is -2.27. The van der Waals surface area contributed by atoms with E-state index in [2.05, 4.69) is 19.7 Å². The lowest BCUT2D eigenvalue weighted by atomic mass is 10.1. The highest BCUT2D eigenvalue weighted by molar-refractivity contribution is 7.89. The number of sulfonamides is 1. The highest BCUT2D eigenvalue weighted by Gasteiger charge is 2.15. The van der Waals surface area contributed by atoms with E-state index in [0.29, 0.717) is 16.6 Å². The molecular weight excluding hydrogens is 380 g/mol. The third kappa shape index (κ3) is 3.49. The standard InChI is InChI=1S/C19H18N4O4S/c1-11-2-3-12-9-13(18(24)21-16(12)8-11)6-7-20-28(26,27)14-4-5-15-17(10-14)23-19(25)22-15/h2-5,8-10,20H,6-7H2,1H3,(H,21,24)(H2,22,23,25). The van der Waals surface area contributed by atoms with Crippen LogP contribution in [0, 0.1) is 6.92 Å². The Balaban J connectivity index is 1.52. The van der Waals surface area contributed by atoms with Gasteiger partial charge in [0.25, 0.3) is 5.56 Å². The lowest BCUT2D eigenvalue weighted by Gasteiger charge is -2.08. The van der Waals surface area contributed by atoms with Crippen LogP contribution in [0.15, 0.2) is 56.9 Å². The minimum absolute atomic E-state index is 0.0400. The average molecular weight is 398 g/mol. The molecule has 4 rings (SSSR count). The molecule has 0 atom stereocenters. The fourth-order valence-electron chi connectivity index (χ4n) is 3.13. The maximum Gasteiger partial charge on any atom is 0.323 e. The predicted molar refractivity (Wildman–Crippen MR) is 107 cm³/mol. The third-order valence-electron chi connectivity index (χ3n) is 4.56. The molecule has 0 bridgehead atoms. The monoisotopic (exact) mass is 398 g/mol. The number of benzene rings is 2. The zero-order valence-corrected chi connectivity index (χ0v) is 15.8. The molecule has 0 aliphatic heterocycles. The van der Waals surface area contributed by atoms with E-state index in [4.69, 9.17) is 0 Å². The molecule has 2 heterocycles. The summed E-state index contributed by atoms with van der Waals surface area (Å²) in [6.45, 7) is 2.02. The van der Waals surface area contributed by atoms with E-state index in [0.717, 1.165) is 16.5 Å². The molecule has 4 aromatic rings. The van der Waals surface area contributed by atoms with Gasteiger partial charge in [-0.05, 0) is 54.6 Å². The Morgan fingerprint density at radius 2 is 1.68 bits per heavy atom. The normalized spacial score (nSPS) is 12.0. The molecule has 144 valence electrons. The molecule has 0 saturated carbocycles. The average Bonchev–Trinajstić information content (AvgIpc) is 3.01. The number of hydrogen-bond acceptors (Lipinski definition) is 4. The van der Waals surface area contributed by atoms with Crippen LogP contribution in [0.1, 0.15) is 11.1 Å². The van der Waals surface area contributed by atoms with E-state index >= 15 is 0 Å². The van der Waals surface area contributed by atoms with E-state index in [1.807, 2.05) is 25.1 Å². The third-order valence-corrected chi connectivity index (χ3v) is 6.02. The number of pyridine rings is 1. The van der Waals surface area contributed by atoms with Crippen LogP contribution in [-0.2, 0) is 16.4 Å². The van der Waals surface area contributed by atoms with E-state index in [-0.39, 0.29) is 23.4 Å². The fourth-order valence-corrected chi connectivity index (χ4v) is 4.19. The maximum absolute atomic E-state index is 12.5. The van der Waals surface area contributed by atoms with Gasteiger partial charge < -0.3 is 15.0 Å². The smallest absolute Gasteiger partial charge is 0.322 e. The minimum atomic E-state index is -3.77. The van der Waals surface area contributed by atoms with E-state index in [9.17, 15) is 18.0 Å². The fraction of sp³-hybridized carbons (Fsp3) is 0.158. The Morgan fingerprint density at radius 1 is 0.893 bits per heavy atom. The van der Waals surface area contributed by atoms with Crippen LogP contribution < -0.4 is 16.0 Å². The number of imidazole rings is 1. The van der Waals surface area contributed by atoms with Crippen LogP contribution in [-0.4, -0.2) is 29.9 Å². The summed E-state index contributed by atoms with van der Waals surface area (Å²) in [4.78, 5) is 31.5. The zero-order valence-electron chi connectivity index (χ0n) is 15.0. The van der Waals surface area contributed by atoms with Crippen LogP contribution in [0.25, 0.3) is 21.9 Å². The number of nitrogens with one attached hydrogen (secondary N) is 4. The molecular formula is C19H18N4O4S. The number of aromatic amines is 3. The largest absolute Gasteiger partial charge is 0.323 e. The first-order valence-corrected chi connectivity index (χ1v) is 10.1. The molecule has 0 saturated heterocycles. The Morgan fingerprint density at radius 3 is 2.50 bits per heavy atom. The summed E-state index contributed by atoms with van der Waals surface area (Å²) in [5.74, 6) is 0. The first-order valence-electron chi connectivity index (χ1n) is 8.66. The van der Waals surface area contributed by atoms with Crippen molar-refractivity contribution in [3.63, 3.8) is 0 Å². The van der Waals surface area contributed by atoms with Crippen molar-refractivity contribution in [3.05, 3.63) is 74.4 Å². The van der Waals surface area contributed by atoms with Gasteiger partial charge in [0.15, 0.2) is 0 Å². The highest BCUT2D eigenvalue weighted by Crippen LogP contribution is 2.15. The molecule has 0 aliphatic carbocycles. The molecule has 8 nitrogen and oxygen atoms in total. The zero-order chi connectivity index (χ0) is 19.9. The van der Waals surface area contributed by atoms with Crippen LogP contribution in [0.4, 0.5) is 0 Å². The van der Waals surface area contributed by atoms with Crippen molar-refractivity contribution >= 4 is 32.0 Å². The van der Waals surface area contributed by atoms with E-state index in [1.54, 1.807) is 6.07 Å². The molecule has 4 N–H and O–H groups in total. The summed E-state index contributed by atoms with van der Waals surface area (Å²) >= 11 is 0. The Bertz CT molecular complexity index is 1410. The molecule has 0 spiro atoms. The van der Waals surface area contributed by atoms with Crippen molar-refractivity contribution in [3.8, 4) is 0 Å². The van der Waals surface area contributed by atoms with Crippen molar-refractivity contribution in [2.45, 2.75) is 18.2 Å². The second-order valence-electron chi connectivity index (χ2n) is 6.65. The number of aryl methyl sites for hydroxylation is 1. The van der Waals surface area contributed by atoms with Crippen LogP contribution in [0.2, 0.25) is 0 Å². The molecule has 2 aromatic carbocycles. The molecule has 0 fully saturated rings. The summed E-state index contributed by atoms with van der Waals surface area (Å²) in [7, 11) is -3.77. The van der Waals surface area contributed by atoms with Gasteiger partial charge >= 0.3 is 5.69 Å². The molecule has 2 aromatic heterocycles. The van der Waals surface area contributed by atoms with Crippen LogP contribution in [0.5, 0.6) is 0 Å². The highest BCUT2D eigenvalue weighted by atomic mass is 32.2. The second kappa shape index (κ2) is 6.77. The molecule has 0 amide bonds. The first kappa shape index (κ1) is 18.2. The van der Waals surface area contributed by atoms with Gasteiger partial charge in [0, 0.05) is 17.6 Å². The summed E-state index contributed by atoms with van der Waals surface area (Å²) in [6.07, 6.45) is 0.252. The number of H-pyrrole nitrogens is 3. The lowest BCUT2D eigenvalue weighted by molar-refractivity contribution is 0.581. The van der Waals surface area contributed by atoms with Gasteiger partial charge in [-0.1, -0.05) is 12.1 Å². The quantitative estimate of drug-likeness (QED) is 0.406. The van der Waals surface area contributed by atoms with Crippen molar-refractivity contribution < 1.29 is 8.42 Å².